The van der Waals surface area contributed by atoms with E-state index in [1.54, 1.807) is 0 Å². The molecule has 3 heteroatoms. The van der Waals surface area contributed by atoms with E-state index in [0.29, 0.717) is 12.8 Å². The summed E-state index contributed by atoms with van der Waals surface area (Å²) < 4.78 is 0. The first-order chi connectivity index (χ1) is 9.08. The molecule has 0 aliphatic rings. The zero-order chi connectivity index (χ0) is 14.3. The molecule has 0 fully saturated rings. The summed E-state index contributed by atoms with van der Waals surface area (Å²) >= 11 is 0. The standard InChI is InChI=1S/C16H24O3/c1-3-12-9-10-13(4-2)14(11-12)15(17)7-5-6-8-16(18)19/h9-11,15,17H,3-8H2,1-2H3,(H,18,19). The highest BCUT2D eigenvalue weighted by molar-refractivity contribution is 5.66. The number of carboxylic acids is 1. The smallest absolute Gasteiger partial charge is 0.303 e. The number of aliphatic carboxylic acids is 1. The lowest BCUT2D eigenvalue weighted by Gasteiger charge is -2.16. The fraction of sp³-hybridized carbons (Fsp3) is 0.562. The van der Waals surface area contributed by atoms with Crippen molar-refractivity contribution in [3.05, 3.63) is 34.9 Å². The first-order valence-corrected chi connectivity index (χ1v) is 7.10. The molecule has 0 bridgehead atoms. The second kappa shape index (κ2) is 7.95. The number of carboxylic acid groups (broad SMARTS) is 1. The van der Waals surface area contributed by atoms with Crippen LogP contribution in [0.2, 0.25) is 0 Å². The van der Waals surface area contributed by atoms with Gasteiger partial charge in [-0.2, -0.15) is 0 Å². The molecule has 19 heavy (non-hydrogen) atoms. The van der Waals surface area contributed by atoms with E-state index < -0.39 is 12.1 Å². The summed E-state index contributed by atoms with van der Waals surface area (Å²) in [6.45, 7) is 4.19. The first kappa shape index (κ1) is 15.7. The third-order valence-corrected chi connectivity index (χ3v) is 3.48. The minimum atomic E-state index is -0.767. The van der Waals surface area contributed by atoms with Crippen molar-refractivity contribution >= 4 is 5.97 Å². The number of benzene rings is 1. The molecule has 0 radical (unpaired) electrons. The van der Waals surface area contributed by atoms with Crippen LogP contribution in [0.25, 0.3) is 0 Å². The molecule has 1 rings (SSSR count). The maximum atomic E-state index is 10.4. The molecule has 1 unspecified atom stereocenters. The normalized spacial score (nSPS) is 12.4. The van der Waals surface area contributed by atoms with E-state index in [2.05, 4.69) is 32.0 Å². The van der Waals surface area contributed by atoms with Gasteiger partial charge in [-0.15, -0.1) is 0 Å². The number of hydrogen-bond acceptors (Lipinski definition) is 2. The third-order valence-electron chi connectivity index (χ3n) is 3.48. The number of aliphatic hydroxyl groups excluding tert-OH is 1. The Balaban J connectivity index is 2.63. The van der Waals surface area contributed by atoms with Gasteiger partial charge in [-0.05, 0) is 48.8 Å². The summed E-state index contributed by atoms with van der Waals surface area (Å²) in [7, 11) is 0. The largest absolute Gasteiger partial charge is 0.481 e. The molecule has 3 nitrogen and oxygen atoms in total. The van der Waals surface area contributed by atoms with Crippen LogP contribution in [0, 0.1) is 0 Å². The lowest BCUT2D eigenvalue weighted by atomic mass is 9.94. The maximum absolute atomic E-state index is 10.4. The molecule has 0 saturated carbocycles. The van der Waals surface area contributed by atoms with Gasteiger partial charge >= 0.3 is 5.97 Å². The van der Waals surface area contributed by atoms with Crippen LogP contribution in [-0.4, -0.2) is 16.2 Å². The fourth-order valence-corrected chi connectivity index (χ4v) is 2.27. The van der Waals surface area contributed by atoms with Gasteiger partial charge in [0.2, 0.25) is 0 Å². The Morgan fingerprint density at radius 1 is 1.21 bits per heavy atom. The van der Waals surface area contributed by atoms with E-state index in [-0.39, 0.29) is 6.42 Å². The van der Waals surface area contributed by atoms with Crippen LogP contribution >= 0.6 is 0 Å². The van der Waals surface area contributed by atoms with Gasteiger partial charge < -0.3 is 10.2 Å². The van der Waals surface area contributed by atoms with E-state index in [1.807, 2.05) is 0 Å². The average molecular weight is 264 g/mol. The van der Waals surface area contributed by atoms with Crippen LogP contribution in [0.3, 0.4) is 0 Å². The van der Waals surface area contributed by atoms with Crippen LogP contribution in [0.5, 0.6) is 0 Å². The Labute approximate surface area is 115 Å². The summed E-state index contributed by atoms with van der Waals surface area (Å²) in [5.41, 5.74) is 3.43. The molecular formula is C16H24O3. The van der Waals surface area contributed by atoms with Crippen molar-refractivity contribution in [2.75, 3.05) is 0 Å². The molecule has 0 saturated heterocycles. The molecule has 0 heterocycles. The molecule has 106 valence electrons. The molecule has 0 aromatic heterocycles. The zero-order valence-electron chi connectivity index (χ0n) is 11.9. The molecule has 0 aliphatic carbocycles. The lowest BCUT2D eigenvalue weighted by Crippen LogP contribution is -2.04. The summed E-state index contributed by atoms with van der Waals surface area (Å²) in [5, 5.41) is 18.9. The van der Waals surface area contributed by atoms with Crippen molar-refractivity contribution in [2.24, 2.45) is 0 Å². The van der Waals surface area contributed by atoms with Gasteiger partial charge in [-0.25, -0.2) is 0 Å². The van der Waals surface area contributed by atoms with Crippen LogP contribution in [0.4, 0.5) is 0 Å². The molecule has 0 amide bonds. The van der Waals surface area contributed by atoms with E-state index in [1.165, 1.54) is 11.1 Å². The van der Waals surface area contributed by atoms with Gasteiger partial charge in [-0.3, -0.25) is 4.79 Å². The summed E-state index contributed by atoms with van der Waals surface area (Å²) in [5.74, 6) is -0.767. The van der Waals surface area contributed by atoms with Crippen molar-refractivity contribution in [3.63, 3.8) is 0 Å². The monoisotopic (exact) mass is 264 g/mol. The Bertz CT molecular complexity index is 412. The Kier molecular flexibility index (Phi) is 6.57. The summed E-state index contributed by atoms with van der Waals surface area (Å²) in [6.07, 6.45) is 3.58. The number of rotatable bonds is 8. The zero-order valence-corrected chi connectivity index (χ0v) is 11.9. The molecule has 1 aromatic rings. The second-order valence-electron chi connectivity index (χ2n) is 4.90. The van der Waals surface area contributed by atoms with Crippen LogP contribution in [0.15, 0.2) is 18.2 Å². The number of unbranched alkanes of at least 4 members (excludes halogenated alkanes) is 1. The van der Waals surface area contributed by atoms with Crippen molar-refractivity contribution in [1.29, 1.82) is 0 Å². The topological polar surface area (TPSA) is 57.5 Å². The van der Waals surface area contributed by atoms with E-state index in [0.717, 1.165) is 24.8 Å². The lowest BCUT2D eigenvalue weighted by molar-refractivity contribution is -0.137. The average Bonchev–Trinajstić information content (AvgIpc) is 2.42. The van der Waals surface area contributed by atoms with Crippen molar-refractivity contribution in [2.45, 2.75) is 58.5 Å². The number of carbonyl (C=O) groups is 1. The van der Waals surface area contributed by atoms with Crippen LogP contribution in [-0.2, 0) is 17.6 Å². The molecule has 1 aromatic carbocycles. The van der Waals surface area contributed by atoms with Crippen LogP contribution in [0.1, 0.15) is 62.3 Å². The predicted molar refractivity (Wildman–Crippen MR) is 76.3 cm³/mol. The molecule has 2 N–H and O–H groups in total. The molecule has 0 aliphatic heterocycles. The highest BCUT2D eigenvalue weighted by Gasteiger charge is 2.12. The van der Waals surface area contributed by atoms with Crippen molar-refractivity contribution in [3.8, 4) is 0 Å². The van der Waals surface area contributed by atoms with E-state index >= 15 is 0 Å². The molecule has 1 atom stereocenters. The number of hydrogen-bond donors (Lipinski definition) is 2. The van der Waals surface area contributed by atoms with Gasteiger partial charge in [0, 0.05) is 6.42 Å². The minimum Gasteiger partial charge on any atom is -0.481 e. The minimum absolute atomic E-state index is 0.183. The van der Waals surface area contributed by atoms with E-state index in [9.17, 15) is 9.90 Å². The Morgan fingerprint density at radius 2 is 1.95 bits per heavy atom. The highest BCUT2D eigenvalue weighted by Crippen LogP contribution is 2.25. The second-order valence-corrected chi connectivity index (χ2v) is 4.90. The highest BCUT2D eigenvalue weighted by atomic mass is 16.4. The summed E-state index contributed by atoms with van der Waals surface area (Å²) in [4.78, 5) is 10.4. The SMILES string of the molecule is CCc1ccc(CC)c(C(O)CCCCC(=O)O)c1. The van der Waals surface area contributed by atoms with Crippen LogP contribution < -0.4 is 0 Å². The van der Waals surface area contributed by atoms with E-state index in [4.69, 9.17) is 5.11 Å². The van der Waals surface area contributed by atoms with Gasteiger partial charge in [-0.1, -0.05) is 32.0 Å². The Hall–Kier alpha value is -1.35. The quantitative estimate of drug-likeness (QED) is 0.707. The number of aryl methyl sites for hydroxylation is 2. The predicted octanol–water partition coefficient (Wildman–Crippen LogP) is 3.49. The number of aliphatic hydroxyl groups is 1. The van der Waals surface area contributed by atoms with Gasteiger partial charge in [0.05, 0.1) is 6.10 Å². The van der Waals surface area contributed by atoms with Crippen molar-refractivity contribution < 1.29 is 15.0 Å². The van der Waals surface area contributed by atoms with Crippen molar-refractivity contribution in [1.82, 2.24) is 0 Å². The molecule has 0 spiro atoms. The maximum Gasteiger partial charge on any atom is 0.303 e. The summed E-state index contributed by atoms with van der Waals surface area (Å²) in [6, 6.07) is 6.29. The first-order valence-electron chi connectivity index (χ1n) is 7.10. The fourth-order valence-electron chi connectivity index (χ4n) is 2.27. The van der Waals surface area contributed by atoms with Gasteiger partial charge in [0.25, 0.3) is 0 Å². The Morgan fingerprint density at radius 3 is 2.53 bits per heavy atom. The third kappa shape index (κ3) is 5.03. The van der Waals surface area contributed by atoms with Gasteiger partial charge in [0.1, 0.15) is 0 Å². The molecular weight excluding hydrogens is 240 g/mol. The van der Waals surface area contributed by atoms with Gasteiger partial charge in [0.15, 0.2) is 0 Å².